The van der Waals surface area contributed by atoms with E-state index in [1.165, 1.54) is 36.6 Å². The third kappa shape index (κ3) is 3.39. The number of nitrogens with zero attached hydrogens (tertiary/aromatic N) is 1. The van der Waals surface area contributed by atoms with Crippen molar-refractivity contribution in [1.82, 2.24) is 4.98 Å². The van der Waals surface area contributed by atoms with Crippen molar-refractivity contribution in [2.24, 2.45) is 0 Å². The molecule has 0 aliphatic carbocycles. The standard InChI is InChI=1S/C16H10N2O5S/c19-12(13-5-2-6-23-13)9-15-17-16(20)14(24-15)8-10-3-1-4-11(7-10)18(21)22/h1-9H,(H,17,20)/b14-8-,15-9-. The Morgan fingerprint density at radius 2 is 2.12 bits per heavy atom. The van der Waals surface area contributed by atoms with E-state index in [1.54, 1.807) is 18.2 Å². The monoisotopic (exact) mass is 342 g/mol. The first-order chi connectivity index (χ1) is 11.5. The minimum atomic E-state index is -0.503. The minimum absolute atomic E-state index is 0.0588. The molecule has 0 spiro atoms. The van der Waals surface area contributed by atoms with Crippen molar-refractivity contribution in [3.05, 3.63) is 83.6 Å². The van der Waals surface area contributed by atoms with E-state index >= 15 is 0 Å². The number of nitro groups is 1. The molecular formula is C16H10N2O5S. The quantitative estimate of drug-likeness (QED) is 0.438. The fraction of sp³-hybridized carbons (Fsp3) is 0. The van der Waals surface area contributed by atoms with Gasteiger partial charge >= 0.3 is 0 Å². The summed E-state index contributed by atoms with van der Waals surface area (Å²) < 4.78 is 5.71. The highest BCUT2D eigenvalue weighted by molar-refractivity contribution is 7.07. The van der Waals surface area contributed by atoms with E-state index in [9.17, 15) is 19.7 Å². The molecule has 8 heteroatoms. The number of ketones is 1. The smallest absolute Gasteiger partial charge is 0.270 e. The van der Waals surface area contributed by atoms with Crippen LogP contribution in [0.3, 0.4) is 0 Å². The number of nitro benzene ring substituents is 1. The molecule has 0 saturated carbocycles. The number of carbonyl (C=O) groups is 1. The summed E-state index contributed by atoms with van der Waals surface area (Å²) in [6.07, 6.45) is 4.20. The molecule has 7 nitrogen and oxygen atoms in total. The van der Waals surface area contributed by atoms with Gasteiger partial charge in [0.25, 0.3) is 11.2 Å². The van der Waals surface area contributed by atoms with E-state index in [-0.39, 0.29) is 22.8 Å². The van der Waals surface area contributed by atoms with E-state index in [4.69, 9.17) is 4.42 Å². The normalized spacial score (nSPS) is 12.5. The number of nitrogens with one attached hydrogen (secondary N) is 1. The Kier molecular flexibility index (Phi) is 4.21. The van der Waals surface area contributed by atoms with Crippen LogP contribution in [0.2, 0.25) is 0 Å². The van der Waals surface area contributed by atoms with Crippen LogP contribution in [-0.4, -0.2) is 15.7 Å². The molecule has 1 N–H and O–H groups in total. The molecule has 0 unspecified atom stereocenters. The number of hydrogen-bond acceptors (Lipinski definition) is 6. The van der Waals surface area contributed by atoms with Gasteiger partial charge in [0.05, 0.1) is 20.4 Å². The lowest BCUT2D eigenvalue weighted by molar-refractivity contribution is -0.384. The summed E-state index contributed by atoms with van der Waals surface area (Å²) in [6.45, 7) is 0. The lowest BCUT2D eigenvalue weighted by atomic mass is 10.2. The molecule has 3 rings (SSSR count). The highest BCUT2D eigenvalue weighted by Crippen LogP contribution is 2.13. The predicted octanol–water partition coefficient (Wildman–Crippen LogP) is 1.43. The maximum atomic E-state index is 12.0. The first kappa shape index (κ1) is 15.6. The van der Waals surface area contributed by atoms with Crippen molar-refractivity contribution in [2.75, 3.05) is 0 Å². The van der Waals surface area contributed by atoms with E-state index in [0.29, 0.717) is 14.8 Å². The highest BCUT2D eigenvalue weighted by Gasteiger charge is 2.06. The minimum Gasteiger partial charge on any atom is -0.461 e. The van der Waals surface area contributed by atoms with E-state index < -0.39 is 4.92 Å². The highest BCUT2D eigenvalue weighted by atomic mass is 32.1. The Labute approximate surface area is 138 Å². The molecule has 0 atom stereocenters. The van der Waals surface area contributed by atoms with Crippen molar-refractivity contribution in [1.29, 1.82) is 0 Å². The van der Waals surface area contributed by atoms with Crippen molar-refractivity contribution < 1.29 is 14.1 Å². The van der Waals surface area contributed by atoms with Gasteiger partial charge in [-0.2, -0.15) is 0 Å². The second-order valence-electron chi connectivity index (χ2n) is 4.77. The number of thiazole rings is 1. The molecule has 0 aliphatic heterocycles. The van der Waals surface area contributed by atoms with Gasteiger partial charge in [-0.25, -0.2) is 0 Å². The summed E-state index contributed by atoms with van der Waals surface area (Å²) in [5.74, 6) is -0.187. The van der Waals surface area contributed by atoms with Gasteiger partial charge in [-0.3, -0.25) is 19.7 Å². The number of aromatic nitrogens is 1. The summed E-state index contributed by atoms with van der Waals surface area (Å²) in [4.78, 5) is 36.7. The number of non-ortho nitro benzene ring substituents is 1. The zero-order valence-corrected chi connectivity index (χ0v) is 12.9. The topological polar surface area (TPSA) is 106 Å². The molecule has 0 fully saturated rings. The van der Waals surface area contributed by atoms with Gasteiger partial charge in [0.15, 0.2) is 5.76 Å². The van der Waals surface area contributed by atoms with Crippen LogP contribution in [0.25, 0.3) is 12.2 Å². The second-order valence-corrected chi connectivity index (χ2v) is 5.85. The average Bonchev–Trinajstić information content (AvgIpc) is 3.18. The number of rotatable bonds is 4. The number of aromatic amines is 1. The van der Waals surface area contributed by atoms with Crippen LogP contribution in [0.5, 0.6) is 0 Å². The summed E-state index contributed by atoms with van der Waals surface area (Å²) in [7, 11) is 0. The number of benzene rings is 1. The summed E-state index contributed by atoms with van der Waals surface area (Å²) in [5.41, 5.74) is 0.0991. The Bertz CT molecular complexity index is 1080. The van der Waals surface area contributed by atoms with Crippen LogP contribution >= 0.6 is 11.3 Å². The summed E-state index contributed by atoms with van der Waals surface area (Å²) >= 11 is 1.08. The third-order valence-corrected chi connectivity index (χ3v) is 4.05. The second kappa shape index (κ2) is 6.47. The van der Waals surface area contributed by atoms with Crippen LogP contribution in [0.1, 0.15) is 16.1 Å². The Hall–Kier alpha value is -3.26. The van der Waals surface area contributed by atoms with Crippen molar-refractivity contribution in [3.63, 3.8) is 0 Å². The zero-order chi connectivity index (χ0) is 17.1. The Morgan fingerprint density at radius 3 is 2.83 bits per heavy atom. The van der Waals surface area contributed by atoms with Crippen LogP contribution < -0.4 is 14.8 Å². The molecule has 120 valence electrons. The molecule has 1 aromatic carbocycles. The molecule has 2 aromatic heterocycles. The fourth-order valence-electron chi connectivity index (χ4n) is 2.01. The molecule has 0 saturated heterocycles. The van der Waals surface area contributed by atoms with Gasteiger partial charge in [0.1, 0.15) is 0 Å². The average molecular weight is 342 g/mol. The zero-order valence-electron chi connectivity index (χ0n) is 12.1. The lowest BCUT2D eigenvalue weighted by Crippen LogP contribution is -2.20. The van der Waals surface area contributed by atoms with Gasteiger partial charge in [0, 0.05) is 18.2 Å². The van der Waals surface area contributed by atoms with E-state index in [1.807, 2.05) is 0 Å². The fourth-order valence-corrected chi connectivity index (χ4v) is 2.90. The van der Waals surface area contributed by atoms with Crippen molar-refractivity contribution in [3.8, 4) is 0 Å². The molecule has 0 amide bonds. The number of Topliss-reactive ketones (excluding diaryl/α,β-unsaturated/α-hetero) is 1. The molecule has 0 bridgehead atoms. The van der Waals surface area contributed by atoms with Gasteiger partial charge in [-0.05, 0) is 23.8 Å². The van der Waals surface area contributed by atoms with Crippen molar-refractivity contribution >= 4 is 35.0 Å². The van der Waals surface area contributed by atoms with Crippen LogP contribution in [-0.2, 0) is 0 Å². The van der Waals surface area contributed by atoms with Gasteiger partial charge in [-0.1, -0.05) is 12.1 Å². The molecule has 2 heterocycles. The van der Waals surface area contributed by atoms with Crippen LogP contribution in [0.4, 0.5) is 5.69 Å². The van der Waals surface area contributed by atoms with E-state index in [2.05, 4.69) is 4.98 Å². The van der Waals surface area contributed by atoms with Gasteiger partial charge in [0.2, 0.25) is 5.78 Å². The Morgan fingerprint density at radius 1 is 1.29 bits per heavy atom. The maximum Gasteiger partial charge on any atom is 0.270 e. The molecule has 0 radical (unpaired) electrons. The first-order valence-electron chi connectivity index (χ1n) is 6.78. The molecule has 24 heavy (non-hydrogen) atoms. The molecular weight excluding hydrogens is 332 g/mol. The molecule has 3 aromatic rings. The van der Waals surface area contributed by atoms with Gasteiger partial charge in [-0.15, -0.1) is 11.3 Å². The summed E-state index contributed by atoms with van der Waals surface area (Å²) in [5, 5.41) is 10.8. The largest absolute Gasteiger partial charge is 0.461 e. The Balaban J connectivity index is 2.00. The lowest BCUT2D eigenvalue weighted by Gasteiger charge is -1.92. The van der Waals surface area contributed by atoms with Crippen molar-refractivity contribution in [2.45, 2.75) is 0 Å². The van der Waals surface area contributed by atoms with Gasteiger partial charge < -0.3 is 9.40 Å². The maximum absolute atomic E-state index is 12.0. The number of furan rings is 1. The van der Waals surface area contributed by atoms with Crippen LogP contribution in [0, 0.1) is 10.1 Å². The number of hydrogen-bond donors (Lipinski definition) is 1. The predicted molar refractivity (Wildman–Crippen MR) is 88.4 cm³/mol. The van der Waals surface area contributed by atoms with E-state index in [0.717, 1.165) is 11.3 Å². The third-order valence-electron chi connectivity index (χ3n) is 3.09. The summed E-state index contributed by atoms with van der Waals surface area (Å²) in [6, 6.07) is 9.07. The van der Waals surface area contributed by atoms with Crippen LogP contribution in [0.15, 0.2) is 51.9 Å². The first-order valence-corrected chi connectivity index (χ1v) is 7.59. The number of carbonyl (C=O) groups excluding carboxylic acids is 1. The number of H-pyrrole nitrogens is 1. The molecule has 0 aliphatic rings. The SMILES string of the molecule is O=C(/C=c1/[nH]c(=O)/c(=C/c2cccc([N+](=O)[O-])c2)s1)c1ccco1.